The van der Waals surface area contributed by atoms with Crippen molar-refractivity contribution in [3.63, 3.8) is 0 Å². The highest BCUT2D eigenvalue weighted by Gasteiger charge is 2.75. The van der Waals surface area contributed by atoms with E-state index in [1.54, 1.807) is 0 Å². The molecule has 0 aliphatic carbocycles. The van der Waals surface area contributed by atoms with Crippen molar-refractivity contribution in [2.45, 2.75) is 42.2 Å². The maximum atomic E-state index is 14.0. The molecule has 0 aliphatic heterocycles. The summed E-state index contributed by atoms with van der Waals surface area (Å²) in [6, 6.07) is 0. The van der Waals surface area contributed by atoms with Crippen molar-refractivity contribution in [1.29, 1.82) is 0 Å². The molecule has 170 valence electrons. The fourth-order valence-electron chi connectivity index (χ4n) is 1.53. The molecule has 28 heavy (non-hydrogen) atoms. The number of sulfonamides is 1. The van der Waals surface area contributed by atoms with Gasteiger partial charge in [-0.3, -0.25) is 9.05 Å². The average molecular weight is 587 g/mol. The van der Waals surface area contributed by atoms with Gasteiger partial charge in [0, 0.05) is 29.1 Å². The van der Waals surface area contributed by atoms with Crippen molar-refractivity contribution in [3.8, 4) is 0 Å². The lowest BCUT2D eigenvalue weighted by atomic mass is 10.6. The Morgan fingerprint density at radius 2 is 1.29 bits per heavy atom. The maximum Gasteiger partial charge on any atom is 0.449 e. The van der Waals surface area contributed by atoms with Crippen molar-refractivity contribution in [1.82, 2.24) is 4.08 Å². The molecule has 0 aliphatic rings. The van der Waals surface area contributed by atoms with E-state index < -0.39 is 63.0 Å². The molecule has 0 heterocycles. The van der Waals surface area contributed by atoms with Gasteiger partial charge in [-0.1, -0.05) is 11.0 Å². The summed E-state index contributed by atoms with van der Waals surface area (Å²) >= 11 is -0.367. The Hall–Kier alpha value is 0.190. The summed E-state index contributed by atoms with van der Waals surface area (Å²) in [5.74, 6) is 0. The van der Waals surface area contributed by atoms with Crippen LogP contribution in [-0.4, -0.2) is 53.7 Å². The molecule has 0 rings (SSSR count). The Morgan fingerprint density at radius 1 is 0.893 bits per heavy atom. The van der Waals surface area contributed by atoms with Gasteiger partial charge in [0.2, 0.25) is 0 Å². The largest absolute Gasteiger partial charge is 0.449 e. The first-order chi connectivity index (χ1) is 12.3. The molecule has 0 N–H and O–H groups in total. The SMILES string of the molecule is CCOP(=O)(OCC)N(CC)S(=O)(=O)C(F)(F)C(F)(F)OC(F)(F)C(F)(F)I. The van der Waals surface area contributed by atoms with Crippen LogP contribution in [0.15, 0.2) is 0 Å². The monoisotopic (exact) mass is 587 g/mol. The van der Waals surface area contributed by atoms with Gasteiger partial charge in [-0.15, -0.1) is 0 Å². The Morgan fingerprint density at radius 3 is 1.57 bits per heavy atom. The third-order valence-corrected chi connectivity index (χ3v) is 8.22. The van der Waals surface area contributed by atoms with Crippen LogP contribution in [0.25, 0.3) is 0 Å². The van der Waals surface area contributed by atoms with Crippen molar-refractivity contribution >= 4 is 40.4 Å². The van der Waals surface area contributed by atoms with Crippen LogP contribution in [0.3, 0.4) is 0 Å². The third kappa shape index (κ3) is 5.46. The highest BCUT2D eigenvalue weighted by molar-refractivity contribution is 14.1. The van der Waals surface area contributed by atoms with Gasteiger partial charge < -0.3 is 0 Å². The lowest BCUT2D eigenvalue weighted by molar-refractivity contribution is -0.438. The normalized spacial score (nSPS) is 15.3. The van der Waals surface area contributed by atoms with E-state index in [0.717, 1.165) is 20.8 Å². The van der Waals surface area contributed by atoms with Crippen molar-refractivity contribution < 1.29 is 61.9 Å². The van der Waals surface area contributed by atoms with Crippen LogP contribution in [0, 0.1) is 0 Å². The summed E-state index contributed by atoms with van der Waals surface area (Å²) in [5, 5.41) is -6.56. The summed E-state index contributed by atoms with van der Waals surface area (Å²) in [6.45, 7) is 0.673. The van der Waals surface area contributed by atoms with Crippen LogP contribution >= 0.6 is 30.3 Å². The number of halogens is 9. The van der Waals surface area contributed by atoms with Gasteiger partial charge in [-0.2, -0.15) is 35.1 Å². The first-order valence-electron chi connectivity index (χ1n) is 7.09. The molecule has 0 atom stereocenters. The van der Waals surface area contributed by atoms with Gasteiger partial charge >= 0.3 is 29.1 Å². The fourth-order valence-corrected chi connectivity index (χ4v) is 5.56. The van der Waals surface area contributed by atoms with Crippen molar-refractivity contribution in [2.24, 2.45) is 0 Å². The van der Waals surface area contributed by atoms with E-state index in [2.05, 4.69) is 13.8 Å². The summed E-state index contributed by atoms with van der Waals surface area (Å²) in [7, 11) is -12.0. The van der Waals surface area contributed by atoms with Crippen LogP contribution in [0.1, 0.15) is 20.8 Å². The van der Waals surface area contributed by atoms with Crippen LogP contribution in [0.4, 0.5) is 35.1 Å². The predicted molar refractivity (Wildman–Crippen MR) is 87.1 cm³/mol. The first kappa shape index (κ1) is 28.2. The highest BCUT2D eigenvalue weighted by Crippen LogP contribution is 2.58. The molecular formula is C10H15F8INO6PS. The van der Waals surface area contributed by atoms with E-state index in [4.69, 9.17) is 0 Å². The zero-order valence-electron chi connectivity index (χ0n) is 14.3. The standard InChI is InChI=1S/C10H15F8INO6PS/c1-4-20(27(21,24-5-2)25-6-3)28(22,23)10(17,18)9(15,16)26-8(13,14)7(11,12)19/h4-6H2,1-3H3. The molecule has 0 amide bonds. The molecule has 0 aromatic carbocycles. The number of alkyl halides is 9. The molecule has 0 aromatic heterocycles. The molecule has 0 bridgehead atoms. The summed E-state index contributed by atoms with van der Waals surface area (Å²) in [5.41, 5.74) is 0. The minimum atomic E-state index is -6.80. The molecule has 0 saturated carbocycles. The van der Waals surface area contributed by atoms with Gasteiger partial charge in [-0.05, 0) is 13.8 Å². The van der Waals surface area contributed by atoms with Gasteiger partial charge in [0.1, 0.15) is 0 Å². The maximum absolute atomic E-state index is 14.0. The lowest BCUT2D eigenvalue weighted by Gasteiger charge is -2.34. The number of rotatable bonds is 12. The van der Waals surface area contributed by atoms with Crippen LogP contribution in [-0.2, 0) is 28.4 Å². The van der Waals surface area contributed by atoms with Gasteiger partial charge in [0.05, 0.1) is 13.2 Å². The molecule has 0 radical (unpaired) electrons. The van der Waals surface area contributed by atoms with Crippen LogP contribution < -0.4 is 0 Å². The van der Waals surface area contributed by atoms with Gasteiger partial charge in [0.25, 0.3) is 10.0 Å². The van der Waals surface area contributed by atoms with Crippen molar-refractivity contribution in [2.75, 3.05) is 19.8 Å². The number of hydrogen-bond acceptors (Lipinski definition) is 6. The smallest absolute Gasteiger partial charge is 0.296 e. The molecule has 0 unspecified atom stereocenters. The van der Waals surface area contributed by atoms with E-state index in [-0.39, 0.29) is 22.6 Å². The second-order valence-electron chi connectivity index (χ2n) is 4.60. The third-order valence-electron chi connectivity index (χ3n) is 2.65. The number of nitrogens with zero attached hydrogens (tertiary/aromatic N) is 1. The van der Waals surface area contributed by atoms with E-state index in [1.807, 2.05) is 0 Å². The molecule has 7 nitrogen and oxygen atoms in total. The lowest BCUT2D eigenvalue weighted by Crippen LogP contribution is -2.57. The fraction of sp³-hybridized carbons (Fsp3) is 1.00. The molecule has 0 fully saturated rings. The molecular weight excluding hydrogens is 572 g/mol. The van der Waals surface area contributed by atoms with Gasteiger partial charge in [-0.25, -0.2) is 17.7 Å². The Bertz CT molecular complexity index is 678. The second kappa shape index (κ2) is 9.13. The first-order valence-corrected chi connectivity index (χ1v) is 11.1. The van der Waals surface area contributed by atoms with E-state index in [9.17, 15) is 48.1 Å². The quantitative estimate of drug-likeness (QED) is 0.143. The minimum Gasteiger partial charge on any atom is -0.296 e. The molecule has 0 aromatic rings. The molecule has 18 heteroatoms. The zero-order chi connectivity index (χ0) is 22.8. The van der Waals surface area contributed by atoms with Crippen LogP contribution in [0.5, 0.6) is 0 Å². The second-order valence-corrected chi connectivity index (χ2v) is 10.1. The Kier molecular flexibility index (Phi) is 9.19. The summed E-state index contributed by atoms with van der Waals surface area (Å²) < 4.78 is 148. The van der Waals surface area contributed by atoms with E-state index in [0.29, 0.717) is 0 Å². The summed E-state index contributed by atoms with van der Waals surface area (Å²) in [4.78, 5) is 0. The highest BCUT2D eigenvalue weighted by atomic mass is 127. The molecule has 0 saturated heterocycles. The predicted octanol–water partition coefficient (Wildman–Crippen LogP) is 4.64. The van der Waals surface area contributed by atoms with Crippen LogP contribution in [0.2, 0.25) is 0 Å². The summed E-state index contributed by atoms with van der Waals surface area (Å²) in [6.07, 6.45) is -12.8. The molecule has 0 spiro atoms. The minimum absolute atomic E-state index is 0.367. The Balaban J connectivity index is 6.30. The van der Waals surface area contributed by atoms with E-state index >= 15 is 0 Å². The average Bonchev–Trinajstić information content (AvgIpc) is 2.45. The number of ether oxygens (including phenoxy) is 1. The number of hydrogen-bond donors (Lipinski definition) is 0. The van der Waals surface area contributed by atoms with Gasteiger partial charge in [0.15, 0.2) is 0 Å². The zero-order valence-corrected chi connectivity index (χ0v) is 18.1. The van der Waals surface area contributed by atoms with Crippen molar-refractivity contribution in [3.05, 3.63) is 0 Å². The Labute approximate surface area is 168 Å². The van der Waals surface area contributed by atoms with E-state index in [1.165, 1.54) is 0 Å². The topological polar surface area (TPSA) is 82.1 Å².